The molecule has 2 aromatic rings. The Kier molecular flexibility index (Phi) is 5.25. The van der Waals surface area contributed by atoms with E-state index < -0.39 is 0 Å². The third kappa shape index (κ3) is 3.82. The molecule has 0 unspecified atom stereocenters. The number of carbonyl (C=O) groups excluding carboxylic acids is 1. The lowest BCUT2D eigenvalue weighted by atomic mass is 10.0. The Morgan fingerprint density at radius 1 is 1.33 bits per heavy atom. The van der Waals surface area contributed by atoms with Gasteiger partial charge in [0, 0.05) is 12.1 Å². The third-order valence-corrected chi connectivity index (χ3v) is 4.41. The van der Waals surface area contributed by atoms with Crippen LogP contribution in [-0.4, -0.2) is 44.2 Å². The zero-order valence-corrected chi connectivity index (χ0v) is 14.3. The second kappa shape index (κ2) is 7.57. The standard InChI is InChI=1S/C18H25N5O/c1-14(2)21-18(24)17(15-7-4-3-5-8-15)23-10-6-9-16(23)11-22-13-19-12-20-22/h3-5,7-8,12-14,16-17H,6,9-11H2,1-2H3,(H,21,24)/t16-,17+/m1/s1. The molecule has 1 aliphatic rings. The molecule has 24 heavy (non-hydrogen) atoms. The van der Waals surface area contributed by atoms with E-state index in [1.54, 1.807) is 12.7 Å². The number of hydrogen-bond donors (Lipinski definition) is 1. The van der Waals surface area contributed by atoms with Gasteiger partial charge in [0.05, 0.1) is 6.54 Å². The molecule has 1 saturated heterocycles. The topological polar surface area (TPSA) is 63.1 Å². The molecule has 1 fully saturated rings. The van der Waals surface area contributed by atoms with Crippen molar-refractivity contribution in [3.8, 4) is 0 Å². The highest BCUT2D eigenvalue weighted by Crippen LogP contribution is 2.30. The molecule has 6 nitrogen and oxygen atoms in total. The molecule has 0 bridgehead atoms. The molecule has 3 rings (SSSR count). The monoisotopic (exact) mass is 327 g/mol. The van der Waals surface area contributed by atoms with Gasteiger partial charge in [0.2, 0.25) is 5.91 Å². The number of hydrogen-bond acceptors (Lipinski definition) is 4. The number of rotatable bonds is 6. The first-order chi connectivity index (χ1) is 11.6. The van der Waals surface area contributed by atoms with Gasteiger partial charge in [-0.15, -0.1) is 0 Å². The summed E-state index contributed by atoms with van der Waals surface area (Å²) < 4.78 is 1.85. The van der Waals surface area contributed by atoms with Crippen molar-refractivity contribution in [2.75, 3.05) is 6.54 Å². The average Bonchev–Trinajstić information content (AvgIpc) is 3.21. The first-order valence-corrected chi connectivity index (χ1v) is 8.58. The van der Waals surface area contributed by atoms with Crippen LogP contribution >= 0.6 is 0 Å². The van der Waals surface area contributed by atoms with E-state index in [0.29, 0.717) is 0 Å². The lowest BCUT2D eigenvalue weighted by molar-refractivity contribution is -0.127. The average molecular weight is 327 g/mol. The van der Waals surface area contributed by atoms with Gasteiger partial charge in [0.25, 0.3) is 0 Å². The second-order valence-corrected chi connectivity index (χ2v) is 6.63. The Hall–Kier alpha value is -2.21. The number of carbonyl (C=O) groups is 1. The van der Waals surface area contributed by atoms with E-state index in [2.05, 4.69) is 20.3 Å². The van der Waals surface area contributed by atoms with Gasteiger partial charge in [-0.25, -0.2) is 4.98 Å². The molecule has 1 aromatic heterocycles. The minimum absolute atomic E-state index is 0.0710. The number of nitrogens with zero attached hydrogens (tertiary/aromatic N) is 4. The summed E-state index contributed by atoms with van der Waals surface area (Å²) in [5, 5.41) is 7.30. The minimum Gasteiger partial charge on any atom is -0.352 e. The molecular weight excluding hydrogens is 302 g/mol. The fourth-order valence-corrected chi connectivity index (χ4v) is 3.43. The molecule has 2 atom stereocenters. The normalized spacial score (nSPS) is 19.5. The number of aromatic nitrogens is 3. The van der Waals surface area contributed by atoms with Crippen molar-refractivity contribution >= 4 is 5.91 Å². The maximum atomic E-state index is 12.9. The van der Waals surface area contributed by atoms with Crippen LogP contribution in [0.15, 0.2) is 43.0 Å². The SMILES string of the molecule is CC(C)NC(=O)[C@H](c1ccccc1)N1CCC[C@@H]1Cn1cncn1. The van der Waals surface area contributed by atoms with Gasteiger partial charge in [-0.2, -0.15) is 5.10 Å². The molecule has 0 aliphatic carbocycles. The number of benzene rings is 1. The predicted octanol–water partition coefficient (Wildman–Crippen LogP) is 2.01. The van der Waals surface area contributed by atoms with E-state index in [9.17, 15) is 4.79 Å². The summed E-state index contributed by atoms with van der Waals surface area (Å²) in [5.74, 6) is 0.0710. The van der Waals surface area contributed by atoms with Crippen LogP contribution in [0.25, 0.3) is 0 Å². The van der Waals surface area contributed by atoms with Crippen molar-refractivity contribution in [2.45, 2.75) is 51.4 Å². The molecule has 0 radical (unpaired) electrons. The van der Waals surface area contributed by atoms with E-state index in [1.807, 2.05) is 48.9 Å². The predicted molar refractivity (Wildman–Crippen MR) is 92.2 cm³/mol. The summed E-state index contributed by atoms with van der Waals surface area (Å²) in [6.07, 6.45) is 5.46. The van der Waals surface area contributed by atoms with Crippen molar-refractivity contribution < 1.29 is 4.79 Å². The first-order valence-electron chi connectivity index (χ1n) is 8.58. The van der Waals surface area contributed by atoms with Gasteiger partial charge in [-0.3, -0.25) is 14.4 Å². The number of likely N-dealkylation sites (tertiary alicyclic amines) is 1. The van der Waals surface area contributed by atoms with E-state index in [0.717, 1.165) is 31.5 Å². The molecule has 2 heterocycles. The van der Waals surface area contributed by atoms with Crippen molar-refractivity contribution in [3.05, 3.63) is 48.5 Å². The summed E-state index contributed by atoms with van der Waals surface area (Å²) >= 11 is 0. The van der Waals surface area contributed by atoms with Crippen LogP contribution in [0.5, 0.6) is 0 Å². The fraction of sp³-hybridized carbons (Fsp3) is 0.500. The molecular formula is C18H25N5O. The maximum Gasteiger partial charge on any atom is 0.242 e. The van der Waals surface area contributed by atoms with E-state index in [-0.39, 0.29) is 24.0 Å². The van der Waals surface area contributed by atoms with Crippen LogP contribution in [0.2, 0.25) is 0 Å². The molecule has 128 valence electrons. The molecule has 1 amide bonds. The minimum atomic E-state index is -0.260. The van der Waals surface area contributed by atoms with Gasteiger partial charge in [-0.05, 0) is 38.8 Å². The Morgan fingerprint density at radius 2 is 2.12 bits per heavy atom. The van der Waals surface area contributed by atoms with Gasteiger partial charge < -0.3 is 5.32 Å². The van der Waals surface area contributed by atoms with Gasteiger partial charge >= 0.3 is 0 Å². The summed E-state index contributed by atoms with van der Waals surface area (Å²) in [5.41, 5.74) is 1.04. The lowest BCUT2D eigenvalue weighted by Gasteiger charge is -2.33. The van der Waals surface area contributed by atoms with Crippen LogP contribution in [0.1, 0.15) is 38.3 Å². The van der Waals surface area contributed by atoms with E-state index >= 15 is 0 Å². The second-order valence-electron chi connectivity index (χ2n) is 6.63. The lowest BCUT2D eigenvalue weighted by Crippen LogP contribution is -2.45. The zero-order chi connectivity index (χ0) is 16.9. The molecule has 0 saturated carbocycles. The molecule has 0 spiro atoms. The van der Waals surface area contributed by atoms with Crippen molar-refractivity contribution in [2.24, 2.45) is 0 Å². The Labute approximate surface area is 142 Å². The van der Waals surface area contributed by atoms with Gasteiger partial charge in [0.15, 0.2) is 0 Å². The van der Waals surface area contributed by atoms with Crippen molar-refractivity contribution in [1.82, 2.24) is 25.0 Å². The summed E-state index contributed by atoms with van der Waals surface area (Å²) in [6.45, 7) is 5.68. The molecule has 1 aliphatic heterocycles. The van der Waals surface area contributed by atoms with Gasteiger partial charge in [0.1, 0.15) is 18.7 Å². The highest BCUT2D eigenvalue weighted by Gasteiger charge is 2.36. The van der Waals surface area contributed by atoms with E-state index in [1.165, 1.54) is 0 Å². The summed E-state index contributed by atoms with van der Waals surface area (Å²) in [6, 6.07) is 10.2. The fourth-order valence-electron chi connectivity index (χ4n) is 3.43. The molecule has 1 N–H and O–H groups in total. The number of nitrogens with one attached hydrogen (secondary N) is 1. The first kappa shape index (κ1) is 16.6. The maximum absolute atomic E-state index is 12.9. The molecule has 1 aromatic carbocycles. The highest BCUT2D eigenvalue weighted by atomic mass is 16.2. The Balaban J connectivity index is 1.84. The van der Waals surface area contributed by atoms with Crippen LogP contribution in [0, 0.1) is 0 Å². The van der Waals surface area contributed by atoms with Crippen molar-refractivity contribution in [1.29, 1.82) is 0 Å². The quantitative estimate of drug-likeness (QED) is 0.881. The van der Waals surface area contributed by atoms with Crippen LogP contribution in [-0.2, 0) is 11.3 Å². The Morgan fingerprint density at radius 3 is 2.79 bits per heavy atom. The summed E-state index contributed by atoms with van der Waals surface area (Å²) in [4.78, 5) is 19.2. The van der Waals surface area contributed by atoms with Gasteiger partial charge in [-0.1, -0.05) is 30.3 Å². The van der Waals surface area contributed by atoms with Crippen LogP contribution in [0.3, 0.4) is 0 Å². The summed E-state index contributed by atoms with van der Waals surface area (Å²) in [7, 11) is 0. The zero-order valence-electron chi connectivity index (χ0n) is 14.3. The molecule has 6 heteroatoms. The Bertz CT molecular complexity index is 641. The highest BCUT2D eigenvalue weighted by molar-refractivity contribution is 5.83. The van der Waals surface area contributed by atoms with Crippen LogP contribution in [0.4, 0.5) is 0 Å². The van der Waals surface area contributed by atoms with E-state index in [4.69, 9.17) is 0 Å². The largest absolute Gasteiger partial charge is 0.352 e. The van der Waals surface area contributed by atoms with Crippen LogP contribution < -0.4 is 5.32 Å². The smallest absolute Gasteiger partial charge is 0.242 e. The number of amides is 1. The third-order valence-electron chi connectivity index (χ3n) is 4.41. The van der Waals surface area contributed by atoms with Crippen molar-refractivity contribution in [3.63, 3.8) is 0 Å².